The molecule has 0 spiro atoms. The second kappa shape index (κ2) is 12.6. The van der Waals surface area contributed by atoms with Gasteiger partial charge in [0.05, 0.1) is 13.0 Å². The molecule has 2 aromatic rings. The van der Waals surface area contributed by atoms with Gasteiger partial charge in [-0.1, -0.05) is 99.9 Å². The number of rotatable bonds is 12. The van der Waals surface area contributed by atoms with E-state index in [1.807, 2.05) is 48.5 Å². The zero-order chi connectivity index (χ0) is 19.3. The van der Waals surface area contributed by atoms with Crippen molar-refractivity contribution < 1.29 is 9.53 Å². The normalized spacial score (nSPS) is 10.7. The Kier molecular flexibility index (Phi) is 10.0. The smallest absolute Gasteiger partial charge is 0.310 e. The van der Waals surface area contributed by atoms with Gasteiger partial charge in [0.25, 0.3) is 0 Å². The third kappa shape index (κ3) is 8.62. The van der Waals surface area contributed by atoms with Gasteiger partial charge in [-0.15, -0.1) is 0 Å². The molecule has 2 nitrogen and oxygen atoms in total. The summed E-state index contributed by atoms with van der Waals surface area (Å²) in [6.45, 7) is 2.78. The summed E-state index contributed by atoms with van der Waals surface area (Å²) in [5.74, 6) is -0.141. The lowest BCUT2D eigenvalue weighted by atomic mass is 10.0. The molecule has 2 rings (SSSR count). The van der Waals surface area contributed by atoms with Crippen LogP contribution in [0.25, 0.3) is 11.1 Å². The number of unbranched alkanes of at least 4 members (excludes halogenated alkanes) is 7. The molecule has 0 heterocycles. The van der Waals surface area contributed by atoms with Gasteiger partial charge in [-0.2, -0.15) is 0 Å². The van der Waals surface area contributed by atoms with Gasteiger partial charge in [0.2, 0.25) is 0 Å². The summed E-state index contributed by atoms with van der Waals surface area (Å²) in [6, 6.07) is 15.8. The fourth-order valence-electron chi connectivity index (χ4n) is 3.10. The number of halogens is 1. The average Bonchev–Trinajstić information content (AvgIpc) is 2.68. The number of hydrogen-bond donors (Lipinski definition) is 0. The van der Waals surface area contributed by atoms with Crippen molar-refractivity contribution >= 4 is 17.6 Å². The van der Waals surface area contributed by atoms with E-state index in [0.29, 0.717) is 13.0 Å². The largest absolute Gasteiger partial charge is 0.465 e. The average molecular weight is 387 g/mol. The van der Waals surface area contributed by atoms with Crippen molar-refractivity contribution in [1.29, 1.82) is 0 Å². The van der Waals surface area contributed by atoms with Crippen molar-refractivity contribution in [2.24, 2.45) is 0 Å². The quantitative estimate of drug-likeness (QED) is 0.284. The van der Waals surface area contributed by atoms with Crippen LogP contribution >= 0.6 is 11.6 Å². The van der Waals surface area contributed by atoms with Crippen LogP contribution in [-0.2, 0) is 16.0 Å². The maximum Gasteiger partial charge on any atom is 0.310 e. The maximum atomic E-state index is 12.0. The summed E-state index contributed by atoms with van der Waals surface area (Å²) < 4.78 is 5.37. The lowest BCUT2D eigenvalue weighted by Gasteiger charge is -2.07. The molecule has 0 aliphatic rings. The van der Waals surface area contributed by atoms with E-state index in [4.69, 9.17) is 16.3 Å². The minimum Gasteiger partial charge on any atom is -0.465 e. The minimum atomic E-state index is -0.141. The number of carbonyl (C=O) groups is 1. The summed E-state index contributed by atoms with van der Waals surface area (Å²) in [7, 11) is 0. The van der Waals surface area contributed by atoms with Crippen LogP contribution in [0.2, 0.25) is 5.02 Å². The SMILES string of the molecule is CCCCCCCCCCOC(=O)Cc1ccc(-c2ccc(Cl)cc2)cc1. The Balaban J connectivity index is 1.62. The Hall–Kier alpha value is -1.80. The molecule has 3 heteroatoms. The third-order valence-electron chi connectivity index (χ3n) is 4.74. The maximum absolute atomic E-state index is 12.0. The summed E-state index contributed by atoms with van der Waals surface area (Å²) in [5, 5.41) is 0.731. The fraction of sp³-hybridized carbons (Fsp3) is 0.458. The van der Waals surface area contributed by atoms with Crippen LogP contribution in [0.1, 0.15) is 63.9 Å². The number of hydrogen-bond acceptors (Lipinski definition) is 2. The molecule has 0 fully saturated rings. The predicted molar refractivity (Wildman–Crippen MR) is 114 cm³/mol. The van der Waals surface area contributed by atoms with Gasteiger partial charge < -0.3 is 4.74 Å². The van der Waals surface area contributed by atoms with Gasteiger partial charge in [-0.25, -0.2) is 0 Å². The molecule has 27 heavy (non-hydrogen) atoms. The Labute approximate surface area is 168 Å². The highest BCUT2D eigenvalue weighted by molar-refractivity contribution is 6.30. The van der Waals surface area contributed by atoms with Crippen LogP contribution in [0.4, 0.5) is 0 Å². The van der Waals surface area contributed by atoms with Crippen molar-refractivity contribution in [3.05, 3.63) is 59.1 Å². The van der Waals surface area contributed by atoms with Gasteiger partial charge >= 0.3 is 5.97 Å². The van der Waals surface area contributed by atoms with Crippen LogP contribution in [0, 0.1) is 0 Å². The second-order valence-electron chi connectivity index (χ2n) is 7.08. The molecule has 0 amide bonds. The predicted octanol–water partition coefficient (Wildman–Crippen LogP) is 7.23. The molecule has 0 bridgehead atoms. The highest BCUT2D eigenvalue weighted by Crippen LogP contribution is 2.22. The Bertz CT molecular complexity index is 662. The van der Waals surface area contributed by atoms with Crippen molar-refractivity contribution in [2.45, 2.75) is 64.7 Å². The number of esters is 1. The van der Waals surface area contributed by atoms with Gasteiger partial charge in [0.15, 0.2) is 0 Å². The van der Waals surface area contributed by atoms with E-state index in [-0.39, 0.29) is 5.97 Å². The summed E-state index contributed by atoms with van der Waals surface area (Å²) in [6.07, 6.45) is 10.3. The van der Waals surface area contributed by atoms with Crippen LogP contribution in [0.3, 0.4) is 0 Å². The molecule has 0 unspecified atom stereocenters. The molecule has 0 saturated heterocycles. The molecule has 0 aliphatic heterocycles. The van der Waals surface area contributed by atoms with Crippen molar-refractivity contribution in [2.75, 3.05) is 6.61 Å². The third-order valence-corrected chi connectivity index (χ3v) is 4.99. The first-order valence-electron chi connectivity index (χ1n) is 10.2. The molecular formula is C24H31ClO2. The van der Waals surface area contributed by atoms with E-state index < -0.39 is 0 Å². The minimum absolute atomic E-state index is 0.141. The summed E-state index contributed by atoms with van der Waals surface area (Å²) in [5.41, 5.74) is 3.21. The molecule has 146 valence electrons. The van der Waals surface area contributed by atoms with E-state index in [2.05, 4.69) is 6.92 Å². The van der Waals surface area contributed by atoms with Crippen LogP contribution in [0.15, 0.2) is 48.5 Å². The number of carbonyl (C=O) groups excluding carboxylic acids is 1. The molecule has 0 radical (unpaired) electrons. The van der Waals surface area contributed by atoms with E-state index in [1.165, 1.54) is 38.5 Å². The van der Waals surface area contributed by atoms with Crippen molar-refractivity contribution in [3.63, 3.8) is 0 Å². The van der Waals surface area contributed by atoms with Gasteiger partial charge in [-0.05, 0) is 35.2 Å². The molecule has 0 saturated carbocycles. The van der Waals surface area contributed by atoms with Gasteiger partial charge in [0, 0.05) is 5.02 Å². The highest BCUT2D eigenvalue weighted by atomic mass is 35.5. The van der Waals surface area contributed by atoms with Gasteiger partial charge in [0.1, 0.15) is 0 Å². The topological polar surface area (TPSA) is 26.3 Å². The lowest BCUT2D eigenvalue weighted by molar-refractivity contribution is -0.142. The van der Waals surface area contributed by atoms with E-state index in [9.17, 15) is 4.79 Å². The molecule has 0 atom stereocenters. The number of benzene rings is 2. The first-order chi connectivity index (χ1) is 13.2. The molecule has 0 aliphatic carbocycles. The zero-order valence-corrected chi connectivity index (χ0v) is 17.1. The Morgan fingerprint density at radius 3 is 1.89 bits per heavy atom. The van der Waals surface area contributed by atoms with E-state index in [1.54, 1.807) is 0 Å². The molecule has 2 aromatic carbocycles. The standard InChI is InChI=1S/C24H31ClO2/c1-2-3-4-5-6-7-8-9-18-27-24(26)19-20-10-12-21(13-11-20)22-14-16-23(25)17-15-22/h10-17H,2-9,18-19H2,1H3. The highest BCUT2D eigenvalue weighted by Gasteiger charge is 2.05. The van der Waals surface area contributed by atoms with Crippen LogP contribution in [-0.4, -0.2) is 12.6 Å². The lowest BCUT2D eigenvalue weighted by Crippen LogP contribution is -2.09. The molecule has 0 aromatic heterocycles. The zero-order valence-electron chi connectivity index (χ0n) is 16.4. The summed E-state index contributed by atoms with van der Waals surface area (Å²) in [4.78, 5) is 12.0. The summed E-state index contributed by atoms with van der Waals surface area (Å²) >= 11 is 5.93. The van der Waals surface area contributed by atoms with Crippen LogP contribution in [0.5, 0.6) is 0 Å². The van der Waals surface area contributed by atoms with Crippen molar-refractivity contribution in [3.8, 4) is 11.1 Å². The molecular weight excluding hydrogens is 356 g/mol. The fourth-order valence-corrected chi connectivity index (χ4v) is 3.22. The van der Waals surface area contributed by atoms with E-state index in [0.717, 1.165) is 34.6 Å². The van der Waals surface area contributed by atoms with E-state index >= 15 is 0 Å². The first-order valence-corrected chi connectivity index (χ1v) is 10.6. The first kappa shape index (κ1) is 21.5. The Morgan fingerprint density at radius 1 is 0.778 bits per heavy atom. The number of ether oxygens (including phenoxy) is 1. The van der Waals surface area contributed by atoms with Crippen LogP contribution < -0.4 is 0 Å². The van der Waals surface area contributed by atoms with Crippen molar-refractivity contribution in [1.82, 2.24) is 0 Å². The molecule has 0 N–H and O–H groups in total. The monoisotopic (exact) mass is 386 g/mol. The Morgan fingerprint density at radius 2 is 1.30 bits per heavy atom. The second-order valence-corrected chi connectivity index (χ2v) is 7.51. The van der Waals surface area contributed by atoms with Gasteiger partial charge in [-0.3, -0.25) is 4.79 Å².